The molecule has 0 spiro atoms. The van der Waals surface area contributed by atoms with Gasteiger partial charge in [-0.25, -0.2) is 0 Å². The summed E-state index contributed by atoms with van der Waals surface area (Å²) in [6.07, 6.45) is 10.8. The van der Waals surface area contributed by atoms with Crippen LogP contribution in [-0.2, 0) is 28.5 Å². The van der Waals surface area contributed by atoms with Crippen molar-refractivity contribution >= 4 is 5.97 Å². The van der Waals surface area contributed by atoms with E-state index in [4.69, 9.17) is 23.7 Å². The van der Waals surface area contributed by atoms with E-state index in [1.54, 1.807) is 0 Å². The molecule has 1 fully saturated rings. The van der Waals surface area contributed by atoms with E-state index in [-0.39, 0.29) is 12.3 Å². The summed E-state index contributed by atoms with van der Waals surface area (Å²) in [4.78, 5) is 11.5. The Morgan fingerprint density at radius 3 is 2.31 bits per heavy atom. The Labute approximate surface area is 158 Å². The number of unbranched alkanes of at least 4 members (excludes halogenated alkanes) is 5. The normalized spacial score (nSPS) is 17.3. The Balaban J connectivity index is 1.74. The van der Waals surface area contributed by atoms with Gasteiger partial charge in [0, 0.05) is 13.0 Å². The highest BCUT2D eigenvalue weighted by atomic mass is 16.7. The van der Waals surface area contributed by atoms with E-state index in [0.717, 1.165) is 32.3 Å². The van der Waals surface area contributed by atoms with Gasteiger partial charge in [0.2, 0.25) is 0 Å². The number of carbonyl (C=O) groups excluding carboxylic acids is 1. The monoisotopic (exact) mass is 374 g/mol. The Morgan fingerprint density at radius 2 is 1.58 bits per heavy atom. The van der Waals surface area contributed by atoms with E-state index >= 15 is 0 Å². The highest BCUT2D eigenvalue weighted by Crippen LogP contribution is 2.13. The predicted molar refractivity (Wildman–Crippen MR) is 100 cm³/mol. The van der Waals surface area contributed by atoms with Crippen LogP contribution in [0.3, 0.4) is 0 Å². The zero-order chi connectivity index (χ0) is 18.7. The zero-order valence-electron chi connectivity index (χ0n) is 16.5. The van der Waals surface area contributed by atoms with Crippen molar-refractivity contribution in [3.63, 3.8) is 0 Å². The van der Waals surface area contributed by atoms with Gasteiger partial charge < -0.3 is 23.7 Å². The van der Waals surface area contributed by atoms with Gasteiger partial charge in [-0.3, -0.25) is 4.79 Å². The highest BCUT2D eigenvalue weighted by Gasteiger charge is 2.13. The molecule has 0 aliphatic carbocycles. The number of rotatable bonds is 17. The topological polar surface area (TPSA) is 63.2 Å². The van der Waals surface area contributed by atoms with E-state index in [1.807, 2.05) is 0 Å². The maximum absolute atomic E-state index is 11.5. The number of ether oxygens (including phenoxy) is 5. The summed E-state index contributed by atoms with van der Waals surface area (Å²) in [5.74, 6) is -0.123. The zero-order valence-corrected chi connectivity index (χ0v) is 16.5. The van der Waals surface area contributed by atoms with Gasteiger partial charge in [-0.2, -0.15) is 0 Å². The molecular weight excluding hydrogens is 336 g/mol. The predicted octanol–water partition coefficient (Wildman–Crippen LogP) is 3.86. The quantitative estimate of drug-likeness (QED) is 0.285. The van der Waals surface area contributed by atoms with Crippen LogP contribution in [0.15, 0.2) is 0 Å². The molecule has 0 bridgehead atoms. The Morgan fingerprint density at radius 1 is 0.885 bits per heavy atom. The van der Waals surface area contributed by atoms with Crippen LogP contribution >= 0.6 is 0 Å². The molecular formula is C20H38O6. The fraction of sp³-hybridized carbons (Fsp3) is 0.950. The van der Waals surface area contributed by atoms with Crippen molar-refractivity contribution in [1.29, 1.82) is 0 Å². The second-order valence-corrected chi connectivity index (χ2v) is 6.63. The number of hydrogen-bond acceptors (Lipinski definition) is 6. The van der Waals surface area contributed by atoms with Crippen molar-refractivity contribution in [3.8, 4) is 0 Å². The Hall–Kier alpha value is -0.690. The minimum absolute atomic E-state index is 0.0605. The van der Waals surface area contributed by atoms with Gasteiger partial charge in [0.25, 0.3) is 0 Å². The van der Waals surface area contributed by atoms with Crippen LogP contribution in [0, 0.1) is 0 Å². The molecule has 0 amide bonds. The van der Waals surface area contributed by atoms with Crippen LogP contribution in [0.4, 0.5) is 0 Å². The molecule has 6 heteroatoms. The summed E-state index contributed by atoms with van der Waals surface area (Å²) in [6, 6.07) is 0. The molecule has 0 saturated carbocycles. The molecule has 154 valence electrons. The van der Waals surface area contributed by atoms with E-state index in [2.05, 4.69) is 6.92 Å². The van der Waals surface area contributed by atoms with Crippen molar-refractivity contribution in [2.45, 2.75) is 77.4 Å². The van der Waals surface area contributed by atoms with Gasteiger partial charge in [-0.05, 0) is 25.7 Å². The van der Waals surface area contributed by atoms with E-state index in [9.17, 15) is 4.79 Å². The van der Waals surface area contributed by atoms with Crippen LogP contribution < -0.4 is 0 Å². The molecule has 1 heterocycles. The molecule has 1 aliphatic rings. The summed E-state index contributed by atoms with van der Waals surface area (Å²) in [5, 5.41) is 0. The number of esters is 1. The summed E-state index contributed by atoms with van der Waals surface area (Å²) in [5.41, 5.74) is 0. The molecule has 1 unspecified atom stereocenters. The van der Waals surface area contributed by atoms with Crippen LogP contribution in [0.25, 0.3) is 0 Å². The van der Waals surface area contributed by atoms with Gasteiger partial charge in [-0.15, -0.1) is 0 Å². The molecule has 1 rings (SSSR count). The molecule has 6 nitrogen and oxygen atoms in total. The summed E-state index contributed by atoms with van der Waals surface area (Å²) < 4.78 is 27.0. The summed E-state index contributed by atoms with van der Waals surface area (Å²) in [7, 11) is 0. The number of carbonyl (C=O) groups is 1. The maximum Gasteiger partial charge on any atom is 0.305 e. The standard InChI is InChI=1S/C20H38O6/c1-2-3-4-5-6-7-10-19(21)24-17-15-22-13-14-23-16-18-26-20-11-8-9-12-25-20/h20H,2-18H2,1H3. The van der Waals surface area contributed by atoms with Gasteiger partial charge in [-0.1, -0.05) is 39.0 Å². The largest absolute Gasteiger partial charge is 0.463 e. The number of hydrogen-bond donors (Lipinski definition) is 0. The lowest BCUT2D eigenvalue weighted by atomic mass is 10.1. The van der Waals surface area contributed by atoms with Gasteiger partial charge in [0.05, 0.1) is 33.0 Å². The van der Waals surface area contributed by atoms with Crippen LogP contribution in [0.5, 0.6) is 0 Å². The Kier molecular flexibility index (Phi) is 15.9. The molecule has 0 aromatic heterocycles. The Bertz CT molecular complexity index is 317. The SMILES string of the molecule is CCCCCCCCC(=O)OCCOCCOCCOC1CCCCO1. The van der Waals surface area contributed by atoms with Gasteiger partial charge in [0.1, 0.15) is 6.61 Å². The van der Waals surface area contributed by atoms with Gasteiger partial charge in [0.15, 0.2) is 6.29 Å². The molecule has 1 atom stereocenters. The third-order valence-electron chi connectivity index (χ3n) is 4.27. The van der Waals surface area contributed by atoms with Crippen molar-refractivity contribution < 1.29 is 28.5 Å². The molecule has 0 aromatic rings. The third-order valence-corrected chi connectivity index (χ3v) is 4.27. The fourth-order valence-corrected chi connectivity index (χ4v) is 2.74. The lowest BCUT2D eigenvalue weighted by Gasteiger charge is -2.22. The van der Waals surface area contributed by atoms with Gasteiger partial charge >= 0.3 is 5.97 Å². The van der Waals surface area contributed by atoms with Crippen LogP contribution in [-0.4, -0.2) is 58.5 Å². The van der Waals surface area contributed by atoms with Crippen molar-refractivity contribution in [2.24, 2.45) is 0 Å². The molecule has 1 saturated heterocycles. The van der Waals surface area contributed by atoms with Crippen molar-refractivity contribution in [1.82, 2.24) is 0 Å². The first-order chi connectivity index (χ1) is 12.8. The minimum atomic E-state index is -0.123. The van der Waals surface area contributed by atoms with E-state index in [0.29, 0.717) is 46.1 Å². The first-order valence-electron chi connectivity index (χ1n) is 10.4. The second-order valence-electron chi connectivity index (χ2n) is 6.63. The van der Waals surface area contributed by atoms with Crippen LogP contribution in [0.1, 0.15) is 71.1 Å². The second kappa shape index (κ2) is 17.7. The lowest BCUT2D eigenvalue weighted by molar-refractivity contribution is -0.169. The first kappa shape index (κ1) is 23.3. The smallest absolute Gasteiger partial charge is 0.305 e. The highest BCUT2D eigenvalue weighted by molar-refractivity contribution is 5.69. The molecule has 0 N–H and O–H groups in total. The maximum atomic E-state index is 11.5. The minimum Gasteiger partial charge on any atom is -0.463 e. The summed E-state index contributed by atoms with van der Waals surface area (Å²) in [6.45, 7) is 5.82. The first-order valence-corrected chi connectivity index (χ1v) is 10.4. The van der Waals surface area contributed by atoms with Crippen LogP contribution in [0.2, 0.25) is 0 Å². The average molecular weight is 375 g/mol. The van der Waals surface area contributed by atoms with E-state index in [1.165, 1.54) is 32.1 Å². The molecule has 0 radical (unpaired) electrons. The molecule has 26 heavy (non-hydrogen) atoms. The molecule has 1 aliphatic heterocycles. The van der Waals surface area contributed by atoms with E-state index < -0.39 is 0 Å². The van der Waals surface area contributed by atoms with Crippen molar-refractivity contribution in [2.75, 3.05) is 46.2 Å². The molecule has 0 aromatic carbocycles. The average Bonchev–Trinajstić information content (AvgIpc) is 2.67. The lowest BCUT2D eigenvalue weighted by Crippen LogP contribution is -2.24. The van der Waals surface area contributed by atoms with Crippen molar-refractivity contribution in [3.05, 3.63) is 0 Å². The third kappa shape index (κ3) is 14.5. The summed E-state index contributed by atoms with van der Waals surface area (Å²) >= 11 is 0. The fourth-order valence-electron chi connectivity index (χ4n) is 2.74.